The first-order chi connectivity index (χ1) is 6.15. The van der Waals surface area contributed by atoms with Gasteiger partial charge in [0.1, 0.15) is 5.69 Å². The molecule has 70 valence electrons. The molecule has 0 aliphatic heterocycles. The van der Waals surface area contributed by atoms with Gasteiger partial charge in [-0.2, -0.15) is 0 Å². The average molecular weight is 183 g/mol. The molecular weight excluding hydrogens is 174 g/mol. The van der Waals surface area contributed by atoms with Crippen molar-refractivity contribution in [2.45, 2.75) is 0 Å². The fraction of sp³-hybridized carbons (Fsp3) is 0.167. The van der Waals surface area contributed by atoms with Gasteiger partial charge in [-0.05, 0) is 0 Å². The van der Waals surface area contributed by atoms with Crippen LogP contribution in [-0.2, 0) is 0 Å². The number of carbonyl (C=O) groups excluding carboxylic acids is 2. The molecule has 0 saturated carbocycles. The number of amides is 3. The number of imidazole rings is 1. The molecule has 0 aliphatic carbocycles. The fourth-order valence-electron chi connectivity index (χ4n) is 0.747. The molecule has 0 atom stereocenters. The van der Waals surface area contributed by atoms with Crippen molar-refractivity contribution in [3.8, 4) is 0 Å². The number of rotatable bonds is 2. The molecule has 5 N–H and O–H groups in total. The molecular formula is C6H9N5O2. The summed E-state index contributed by atoms with van der Waals surface area (Å²) in [4.78, 5) is 27.8. The maximum atomic E-state index is 10.8. The zero-order chi connectivity index (χ0) is 9.84. The Hall–Kier alpha value is -2.05. The minimum Gasteiger partial charge on any atom is -0.364 e. The van der Waals surface area contributed by atoms with Crippen LogP contribution in [0.3, 0.4) is 0 Å². The van der Waals surface area contributed by atoms with Crippen LogP contribution in [0.25, 0.3) is 0 Å². The zero-order valence-corrected chi connectivity index (χ0v) is 6.92. The predicted octanol–water partition coefficient (Wildman–Crippen LogP) is -0.740. The summed E-state index contributed by atoms with van der Waals surface area (Å²) in [6.45, 7) is 0. The van der Waals surface area contributed by atoms with Gasteiger partial charge in [0.15, 0.2) is 5.82 Å². The monoisotopic (exact) mass is 183 g/mol. The van der Waals surface area contributed by atoms with E-state index in [0.29, 0.717) is 0 Å². The normalized spacial score (nSPS) is 9.31. The summed E-state index contributed by atoms with van der Waals surface area (Å²) in [7, 11) is 1.45. The Morgan fingerprint density at radius 3 is 2.85 bits per heavy atom. The molecule has 0 aromatic carbocycles. The van der Waals surface area contributed by atoms with Gasteiger partial charge in [0, 0.05) is 7.05 Å². The van der Waals surface area contributed by atoms with Gasteiger partial charge in [-0.3, -0.25) is 10.1 Å². The molecule has 0 fully saturated rings. The van der Waals surface area contributed by atoms with Gasteiger partial charge >= 0.3 is 6.03 Å². The van der Waals surface area contributed by atoms with E-state index in [9.17, 15) is 9.59 Å². The third-order valence-electron chi connectivity index (χ3n) is 1.34. The highest BCUT2D eigenvalue weighted by molar-refractivity contribution is 5.99. The Morgan fingerprint density at radius 2 is 2.31 bits per heavy atom. The Bertz CT molecular complexity index is 332. The third-order valence-corrected chi connectivity index (χ3v) is 1.34. The van der Waals surface area contributed by atoms with E-state index < -0.39 is 11.9 Å². The maximum Gasteiger partial charge on any atom is 0.320 e. The van der Waals surface area contributed by atoms with E-state index in [1.807, 2.05) is 0 Å². The smallest absolute Gasteiger partial charge is 0.320 e. The molecule has 13 heavy (non-hydrogen) atoms. The number of aromatic nitrogens is 2. The molecule has 3 amide bonds. The number of carbonyl (C=O) groups is 2. The van der Waals surface area contributed by atoms with Gasteiger partial charge in [-0.15, -0.1) is 0 Å². The molecule has 1 aromatic rings. The van der Waals surface area contributed by atoms with Crippen LogP contribution < -0.4 is 16.4 Å². The van der Waals surface area contributed by atoms with Crippen molar-refractivity contribution < 1.29 is 9.59 Å². The molecule has 0 aliphatic rings. The van der Waals surface area contributed by atoms with E-state index in [0.717, 1.165) is 0 Å². The Labute approximate surface area is 73.7 Å². The van der Waals surface area contributed by atoms with Crippen molar-refractivity contribution in [3.05, 3.63) is 12.0 Å². The minimum absolute atomic E-state index is 0.0728. The van der Waals surface area contributed by atoms with Crippen LogP contribution in [0.4, 0.5) is 10.6 Å². The van der Waals surface area contributed by atoms with Gasteiger partial charge in [0.25, 0.3) is 5.91 Å². The van der Waals surface area contributed by atoms with Crippen molar-refractivity contribution in [2.75, 3.05) is 12.4 Å². The number of nitrogens with two attached hydrogens (primary N) is 1. The molecule has 7 heteroatoms. The molecule has 0 saturated heterocycles. The van der Waals surface area contributed by atoms with Crippen LogP contribution in [0, 0.1) is 0 Å². The quantitative estimate of drug-likeness (QED) is 0.484. The number of hydrogen-bond acceptors (Lipinski definition) is 3. The van der Waals surface area contributed by atoms with E-state index in [4.69, 9.17) is 5.73 Å². The molecule has 0 unspecified atom stereocenters. The van der Waals surface area contributed by atoms with Gasteiger partial charge < -0.3 is 16.0 Å². The van der Waals surface area contributed by atoms with Crippen LogP contribution in [0.15, 0.2) is 6.33 Å². The predicted molar refractivity (Wildman–Crippen MR) is 45.2 cm³/mol. The minimum atomic E-state index is -0.677. The summed E-state index contributed by atoms with van der Waals surface area (Å²) in [5, 5.41) is 4.64. The van der Waals surface area contributed by atoms with E-state index >= 15 is 0 Å². The van der Waals surface area contributed by atoms with Crippen LogP contribution in [0.5, 0.6) is 0 Å². The first-order valence-electron chi connectivity index (χ1n) is 3.47. The highest BCUT2D eigenvalue weighted by Crippen LogP contribution is 2.07. The largest absolute Gasteiger partial charge is 0.364 e. The van der Waals surface area contributed by atoms with Crippen molar-refractivity contribution in [1.82, 2.24) is 15.3 Å². The standard InChI is InChI=1S/C6H9N5O2/c1-8-6(13)11-5-3(4(7)12)9-2-10-5/h2H,1H3,(H2,7,12)(H,9,10)(H2,8,11,13). The van der Waals surface area contributed by atoms with Gasteiger partial charge in [0.05, 0.1) is 6.33 Å². The van der Waals surface area contributed by atoms with Crippen LogP contribution in [-0.4, -0.2) is 29.0 Å². The number of anilines is 1. The summed E-state index contributed by atoms with van der Waals surface area (Å²) in [6.07, 6.45) is 1.27. The highest BCUT2D eigenvalue weighted by Gasteiger charge is 2.12. The van der Waals surface area contributed by atoms with E-state index in [1.165, 1.54) is 13.4 Å². The van der Waals surface area contributed by atoms with E-state index in [1.54, 1.807) is 0 Å². The van der Waals surface area contributed by atoms with Gasteiger partial charge in [-0.25, -0.2) is 9.78 Å². The van der Waals surface area contributed by atoms with E-state index in [2.05, 4.69) is 20.6 Å². The second-order valence-electron chi connectivity index (χ2n) is 2.19. The van der Waals surface area contributed by atoms with Gasteiger partial charge in [-0.1, -0.05) is 0 Å². The molecule has 0 spiro atoms. The lowest BCUT2D eigenvalue weighted by Crippen LogP contribution is -2.26. The number of nitrogens with zero attached hydrogens (tertiary/aromatic N) is 1. The second-order valence-corrected chi connectivity index (χ2v) is 2.19. The summed E-state index contributed by atoms with van der Waals surface area (Å²) in [5.41, 5.74) is 5.07. The molecule has 0 radical (unpaired) electrons. The first-order valence-corrected chi connectivity index (χ1v) is 3.47. The zero-order valence-electron chi connectivity index (χ0n) is 6.92. The Morgan fingerprint density at radius 1 is 1.62 bits per heavy atom. The maximum absolute atomic E-state index is 10.8. The number of aromatic amines is 1. The molecule has 1 heterocycles. The highest BCUT2D eigenvalue weighted by atomic mass is 16.2. The second kappa shape index (κ2) is 3.57. The number of urea groups is 1. The number of hydrogen-bond donors (Lipinski definition) is 4. The fourth-order valence-corrected chi connectivity index (χ4v) is 0.747. The third kappa shape index (κ3) is 1.95. The lowest BCUT2D eigenvalue weighted by molar-refractivity contribution is 0.0997. The van der Waals surface area contributed by atoms with Crippen molar-refractivity contribution in [3.63, 3.8) is 0 Å². The number of H-pyrrole nitrogens is 1. The Balaban J connectivity index is 2.82. The first kappa shape index (κ1) is 9.04. The Kier molecular flexibility index (Phi) is 2.48. The average Bonchev–Trinajstić information content (AvgIpc) is 2.52. The summed E-state index contributed by atoms with van der Waals surface area (Å²) < 4.78 is 0. The molecule has 1 aromatic heterocycles. The lowest BCUT2D eigenvalue weighted by Gasteiger charge is -2.00. The molecule has 7 nitrogen and oxygen atoms in total. The van der Waals surface area contributed by atoms with Crippen LogP contribution >= 0.6 is 0 Å². The summed E-state index contributed by atoms with van der Waals surface area (Å²) in [5.74, 6) is -0.559. The number of nitrogens with one attached hydrogen (secondary N) is 3. The van der Waals surface area contributed by atoms with Crippen LogP contribution in [0.1, 0.15) is 10.5 Å². The summed E-state index contributed by atoms with van der Waals surface area (Å²) in [6, 6.07) is -0.463. The van der Waals surface area contributed by atoms with Crippen LogP contribution in [0.2, 0.25) is 0 Å². The molecule has 0 bridgehead atoms. The van der Waals surface area contributed by atoms with E-state index in [-0.39, 0.29) is 11.5 Å². The van der Waals surface area contributed by atoms with Crippen molar-refractivity contribution in [2.24, 2.45) is 5.73 Å². The SMILES string of the molecule is CNC(=O)Nc1nc[nH]c1C(N)=O. The number of primary amides is 1. The summed E-state index contributed by atoms with van der Waals surface area (Å²) >= 11 is 0. The molecule has 1 rings (SSSR count). The van der Waals surface area contributed by atoms with Crippen molar-refractivity contribution >= 4 is 17.8 Å². The lowest BCUT2D eigenvalue weighted by atomic mass is 10.4. The van der Waals surface area contributed by atoms with Gasteiger partial charge in [0.2, 0.25) is 0 Å². The van der Waals surface area contributed by atoms with Crippen molar-refractivity contribution in [1.29, 1.82) is 0 Å². The topological polar surface area (TPSA) is 113 Å².